The number of nitrogens with one attached hydrogen (secondary N) is 2. The standard InChI is InChI=1S/C23H20Cl2N2O2S/c1-13-8-4-7-11-19(13)29-21-14(2)12-18(15(3)20(21)25)26-23(30)27-22(28)16-9-5-6-10-17(16)24/h4-12H,1-3H3,(H2,26,27,28,30). The van der Waals surface area contributed by atoms with Crippen molar-refractivity contribution in [3.8, 4) is 11.5 Å². The first-order valence-corrected chi connectivity index (χ1v) is 10.3. The number of rotatable bonds is 4. The maximum Gasteiger partial charge on any atom is 0.258 e. The van der Waals surface area contributed by atoms with Gasteiger partial charge in [0.2, 0.25) is 0 Å². The highest BCUT2D eigenvalue weighted by molar-refractivity contribution is 7.80. The molecule has 0 radical (unpaired) electrons. The van der Waals surface area contributed by atoms with Crippen LogP contribution in [-0.2, 0) is 0 Å². The number of benzene rings is 3. The van der Waals surface area contributed by atoms with Gasteiger partial charge in [-0.15, -0.1) is 0 Å². The van der Waals surface area contributed by atoms with Gasteiger partial charge in [-0.2, -0.15) is 0 Å². The van der Waals surface area contributed by atoms with Crippen molar-refractivity contribution in [2.45, 2.75) is 20.8 Å². The molecule has 0 aromatic heterocycles. The highest BCUT2D eigenvalue weighted by Gasteiger charge is 2.17. The predicted molar refractivity (Wildman–Crippen MR) is 127 cm³/mol. The maximum atomic E-state index is 12.4. The van der Waals surface area contributed by atoms with Gasteiger partial charge in [-0.1, -0.05) is 53.5 Å². The highest BCUT2D eigenvalue weighted by Crippen LogP contribution is 2.39. The van der Waals surface area contributed by atoms with Gasteiger partial charge in [0.1, 0.15) is 11.5 Å². The van der Waals surface area contributed by atoms with E-state index in [9.17, 15) is 4.79 Å². The predicted octanol–water partition coefficient (Wildman–Crippen LogP) is 6.84. The smallest absolute Gasteiger partial charge is 0.258 e. The van der Waals surface area contributed by atoms with E-state index in [4.69, 9.17) is 40.2 Å². The minimum Gasteiger partial charge on any atom is -0.455 e. The summed E-state index contributed by atoms with van der Waals surface area (Å²) < 4.78 is 6.07. The largest absolute Gasteiger partial charge is 0.455 e. The van der Waals surface area contributed by atoms with E-state index in [1.54, 1.807) is 24.3 Å². The SMILES string of the molecule is Cc1ccccc1Oc1c(C)cc(NC(=S)NC(=O)c2ccccc2Cl)c(C)c1Cl. The van der Waals surface area contributed by atoms with E-state index >= 15 is 0 Å². The van der Waals surface area contributed by atoms with E-state index in [2.05, 4.69) is 10.6 Å². The molecule has 4 nitrogen and oxygen atoms in total. The minimum atomic E-state index is -0.391. The molecule has 0 unspecified atom stereocenters. The molecule has 0 saturated heterocycles. The molecule has 0 atom stereocenters. The molecular weight excluding hydrogens is 439 g/mol. The number of thiocarbonyl (C=S) groups is 1. The lowest BCUT2D eigenvalue weighted by atomic mass is 10.1. The Labute approximate surface area is 191 Å². The van der Waals surface area contributed by atoms with Gasteiger partial charge < -0.3 is 10.1 Å². The molecule has 0 bridgehead atoms. The zero-order valence-corrected chi connectivity index (χ0v) is 19.0. The average molecular weight is 459 g/mol. The Balaban J connectivity index is 1.78. The van der Waals surface area contributed by atoms with Gasteiger partial charge in [0.25, 0.3) is 5.91 Å². The molecule has 0 aliphatic carbocycles. The number of hydrogen-bond acceptors (Lipinski definition) is 3. The molecule has 2 N–H and O–H groups in total. The van der Waals surface area contributed by atoms with E-state index in [0.29, 0.717) is 27.0 Å². The number of ether oxygens (including phenoxy) is 1. The number of halogens is 2. The minimum absolute atomic E-state index is 0.144. The van der Waals surface area contributed by atoms with Gasteiger partial charge in [-0.25, -0.2) is 0 Å². The van der Waals surface area contributed by atoms with Crippen molar-refractivity contribution in [3.63, 3.8) is 0 Å². The number of carbonyl (C=O) groups is 1. The number of carbonyl (C=O) groups excluding carboxylic acids is 1. The highest BCUT2D eigenvalue weighted by atomic mass is 35.5. The summed E-state index contributed by atoms with van der Waals surface area (Å²) in [4.78, 5) is 12.4. The van der Waals surface area contributed by atoms with Gasteiger partial charge in [0, 0.05) is 5.69 Å². The molecule has 30 heavy (non-hydrogen) atoms. The molecular formula is C23H20Cl2N2O2S. The topological polar surface area (TPSA) is 50.4 Å². The summed E-state index contributed by atoms with van der Waals surface area (Å²) >= 11 is 18.0. The molecule has 3 aromatic rings. The number of para-hydroxylation sites is 1. The zero-order chi connectivity index (χ0) is 21.8. The summed E-state index contributed by atoms with van der Waals surface area (Å²) in [6.07, 6.45) is 0. The molecule has 0 spiro atoms. The molecule has 3 aromatic carbocycles. The van der Waals surface area contributed by atoms with Gasteiger partial charge in [-0.3, -0.25) is 10.1 Å². The summed E-state index contributed by atoms with van der Waals surface area (Å²) in [6, 6.07) is 16.4. The quantitative estimate of drug-likeness (QED) is 0.420. The summed E-state index contributed by atoms with van der Waals surface area (Å²) in [6.45, 7) is 5.73. The molecule has 7 heteroatoms. The van der Waals surface area contributed by atoms with Crippen LogP contribution in [0, 0.1) is 20.8 Å². The van der Waals surface area contributed by atoms with Crippen LogP contribution in [0.2, 0.25) is 10.0 Å². The maximum absolute atomic E-state index is 12.4. The van der Waals surface area contributed by atoms with E-state index < -0.39 is 5.91 Å². The first-order valence-electron chi connectivity index (χ1n) is 9.18. The Bertz CT molecular complexity index is 1130. The van der Waals surface area contributed by atoms with Crippen LogP contribution in [0.1, 0.15) is 27.0 Å². The Hall–Kier alpha value is -2.60. The van der Waals surface area contributed by atoms with Crippen molar-refractivity contribution >= 4 is 52.1 Å². The van der Waals surface area contributed by atoms with Crippen LogP contribution in [-0.4, -0.2) is 11.0 Å². The van der Waals surface area contributed by atoms with E-state index in [1.807, 2.05) is 51.1 Å². The second kappa shape index (κ2) is 9.47. The zero-order valence-electron chi connectivity index (χ0n) is 16.7. The van der Waals surface area contributed by atoms with Crippen LogP contribution in [0.25, 0.3) is 0 Å². The second-order valence-electron chi connectivity index (χ2n) is 6.76. The third-order valence-corrected chi connectivity index (χ3v) is 5.54. The Morgan fingerprint density at radius 1 is 0.967 bits per heavy atom. The van der Waals surface area contributed by atoms with E-state index in [0.717, 1.165) is 22.4 Å². The van der Waals surface area contributed by atoms with Crippen LogP contribution in [0.3, 0.4) is 0 Å². The van der Waals surface area contributed by atoms with Crippen molar-refractivity contribution < 1.29 is 9.53 Å². The fourth-order valence-electron chi connectivity index (χ4n) is 2.86. The first-order chi connectivity index (χ1) is 14.3. The molecule has 0 saturated carbocycles. The third kappa shape index (κ3) is 4.93. The van der Waals surface area contributed by atoms with Crippen LogP contribution in [0.5, 0.6) is 11.5 Å². The number of hydrogen-bond donors (Lipinski definition) is 2. The van der Waals surface area contributed by atoms with Gasteiger partial charge in [0.05, 0.1) is 15.6 Å². The molecule has 0 aliphatic rings. The summed E-state index contributed by atoms with van der Waals surface area (Å²) in [5.74, 6) is 0.934. The van der Waals surface area contributed by atoms with Crippen molar-refractivity contribution in [1.82, 2.24) is 5.32 Å². The Morgan fingerprint density at radius 3 is 2.33 bits per heavy atom. The number of amides is 1. The Kier molecular flexibility index (Phi) is 6.98. The lowest BCUT2D eigenvalue weighted by Gasteiger charge is -2.18. The molecule has 1 amide bonds. The Morgan fingerprint density at radius 2 is 1.63 bits per heavy atom. The van der Waals surface area contributed by atoms with Crippen LogP contribution < -0.4 is 15.4 Å². The monoisotopic (exact) mass is 458 g/mol. The lowest BCUT2D eigenvalue weighted by molar-refractivity contribution is 0.0978. The van der Waals surface area contributed by atoms with Gasteiger partial charge >= 0.3 is 0 Å². The van der Waals surface area contributed by atoms with Crippen molar-refractivity contribution in [3.05, 3.63) is 86.9 Å². The summed E-state index contributed by atoms with van der Waals surface area (Å²) in [5.41, 5.74) is 3.61. The molecule has 154 valence electrons. The van der Waals surface area contributed by atoms with Gasteiger partial charge in [0.15, 0.2) is 5.11 Å². The second-order valence-corrected chi connectivity index (χ2v) is 7.96. The fraction of sp³-hybridized carbons (Fsp3) is 0.130. The summed E-state index contributed by atoms with van der Waals surface area (Å²) in [7, 11) is 0. The average Bonchev–Trinajstić information content (AvgIpc) is 2.70. The van der Waals surface area contributed by atoms with Gasteiger partial charge in [-0.05, 0) is 73.9 Å². The molecule has 0 aliphatic heterocycles. The molecule has 0 fully saturated rings. The lowest BCUT2D eigenvalue weighted by Crippen LogP contribution is -2.34. The van der Waals surface area contributed by atoms with Crippen LogP contribution in [0.15, 0.2) is 54.6 Å². The third-order valence-electron chi connectivity index (χ3n) is 4.55. The first kappa shape index (κ1) is 22.1. The van der Waals surface area contributed by atoms with Crippen LogP contribution in [0.4, 0.5) is 5.69 Å². The van der Waals surface area contributed by atoms with E-state index in [1.165, 1.54) is 0 Å². The molecule has 3 rings (SSSR count). The number of aryl methyl sites for hydroxylation is 2. The van der Waals surface area contributed by atoms with Crippen molar-refractivity contribution in [1.29, 1.82) is 0 Å². The fourth-order valence-corrected chi connectivity index (χ4v) is 3.57. The van der Waals surface area contributed by atoms with E-state index in [-0.39, 0.29) is 5.11 Å². The molecule has 0 heterocycles. The van der Waals surface area contributed by atoms with Crippen molar-refractivity contribution in [2.24, 2.45) is 0 Å². The van der Waals surface area contributed by atoms with Crippen LogP contribution >= 0.6 is 35.4 Å². The number of anilines is 1. The van der Waals surface area contributed by atoms with Crippen molar-refractivity contribution in [2.75, 3.05) is 5.32 Å². The summed E-state index contributed by atoms with van der Waals surface area (Å²) in [5, 5.41) is 6.64. The normalized spacial score (nSPS) is 10.4.